The molecule has 1 nitrogen and oxygen atoms in total. The minimum atomic E-state index is 0. The average molecular weight is 226 g/mol. The molecule has 0 fully saturated rings. The highest BCUT2D eigenvalue weighted by Crippen LogP contribution is 2.24. The van der Waals surface area contributed by atoms with E-state index in [2.05, 4.69) is 26.1 Å². The fourth-order valence-corrected chi connectivity index (χ4v) is 1.75. The van der Waals surface area contributed by atoms with Gasteiger partial charge in [-0.25, -0.2) is 0 Å². The van der Waals surface area contributed by atoms with Crippen molar-refractivity contribution in [1.29, 1.82) is 0 Å². The van der Waals surface area contributed by atoms with Gasteiger partial charge < -0.3 is 11.7 Å². The van der Waals surface area contributed by atoms with Gasteiger partial charge in [0.15, 0.2) is 4.90 Å². The molecule has 0 heterocycles. The molecule has 0 atom stereocenters. The third-order valence-corrected chi connectivity index (χ3v) is 2.09. The highest BCUT2D eigenvalue weighted by Gasteiger charge is 2.06. The molecule has 0 bridgehead atoms. The van der Waals surface area contributed by atoms with Crippen LogP contribution in [0.25, 0.3) is 0 Å². The summed E-state index contributed by atoms with van der Waals surface area (Å²) in [6.45, 7) is 13.2. The lowest BCUT2D eigenvalue weighted by Crippen LogP contribution is -1.97. The van der Waals surface area contributed by atoms with Gasteiger partial charge in [-0.2, -0.15) is 6.92 Å². The van der Waals surface area contributed by atoms with E-state index in [9.17, 15) is 0 Å². The molecule has 0 aromatic heterocycles. The van der Waals surface area contributed by atoms with E-state index in [1.165, 1.54) is 0 Å². The molecule has 0 aliphatic carbocycles. The van der Waals surface area contributed by atoms with Gasteiger partial charge in [-0.3, -0.25) is 0 Å². The third-order valence-electron chi connectivity index (χ3n) is 1.81. The van der Waals surface area contributed by atoms with Gasteiger partial charge in [0, 0.05) is 1.43 Å². The van der Waals surface area contributed by atoms with Crippen LogP contribution in [0.15, 0.2) is 29.7 Å². The highest BCUT2D eigenvalue weighted by atomic mass is 32.1. The number of ether oxygens (including phenoxy) is 1. The van der Waals surface area contributed by atoms with Crippen molar-refractivity contribution < 1.29 is 6.16 Å². The number of benzene rings is 1. The van der Waals surface area contributed by atoms with Crippen LogP contribution in [0.2, 0.25) is 0 Å². The zero-order chi connectivity index (χ0) is 11.8. The number of aryl methyl sites for hydroxylation is 2. The van der Waals surface area contributed by atoms with Crippen molar-refractivity contribution in [1.82, 2.24) is 0 Å². The van der Waals surface area contributed by atoms with Crippen molar-refractivity contribution in [3.63, 3.8) is 0 Å². The molecule has 2 heteroatoms. The molecular formula is C13H22OS. The average Bonchev–Trinajstić information content (AvgIpc) is 2.19. The maximum Gasteiger partial charge on any atom is 0.151 e. The Kier molecular flexibility index (Phi) is 6.97. The molecule has 0 aliphatic rings. The maximum absolute atomic E-state index is 5.53. The molecule has 15 heavy (non-hydrogen) atoms. The number of hydrogen-bond donors (Lipinski definition) is 0. The summed E-state index contributed by atoms with van der Waals surface area (Å²) in [5.74, 6) is 0.960. The SMILES string of the molecule is C=CCOc1c(C)cc([SH2+])cc1C.[CH2-]C.[HH]. The van der Waals surface area contributed by atoms with Crippen LogP contribution in [0.5, 0.6) is 5.75 Å². The Morgan fingerprint density at radius 2 is 1.87 bits per heavy atom. The minimum absolute atomic E-state index is 0. The summed E-state index contributed by atoms with van der Waals surface area (Å²) in [5.41, 5.74) is 2.29. The van der Waals surface area contributed by atoms with Gasteiger partial charge in [-0.1, -0.05) is 12.7 Å². The van der Waals surface area contributed by atoms with Crippen molar-refractivity contribution >= 4 is 12.6 Å². The lowest BCUT2D eigenvalue weighted by molar-refractivity contribution is 0.358. The smallest absolute Gasteiger partial charge is 0.151 e. The molecule has 1 aromatic rings. The fourth-order valence-electron chi connectivity index (χ4n) is 1.32. The molecule has 86 valence electrons. The highest BCUT2D eigenvalue weighted by molar-refractivity contribution is 7.58. The summed E-state index contributed by atoms with van der Waals surface area (Å²) < 4.78 is 5.53. The van der Waals surface area contributed by atoms with Crippen LogP contribution in [-0.4, -0.2) is 6.61 Å². The first kappa shape index (κ1) is 14.1. The van der Waals surface area contributed by atoms with Crippen LogP contribution in [0.1, 0.15) is 19.5 Å². The molecule has 1 rings (SSSR count). The van der Waals surface area contributed by atoms with E-state index in [1.807, 2.05) is 26.0 Å². The summed E-state index contributed by atoms with van der Waals surface area (Å²) in [6.07, 6.45) is 1.75. The second-order valence-electron chi connectivity index (χ2n) is 3.04. The third kappa shape index (κ3) is 4.43. The molecule has 0 saturated heterocycles. The van der Waals surface area contributed by atoms with Crippen molar-refractivity contribution in [2.24, 2.45) is 0 Å². The summed E-state index contributed by atoms with van der Waals surface area (Å²) in [5, 5.41) is 0. The van der Waals surface area contributed by atoms with Crippen LogP contribution in [-0.2, 0) is 12.6 Å². The van der Waals surface area contributed by atoms with E-state index in [-0.39, 0.29) is 1.43 Å². The Hall–Kier alpha value is -0.890. The van der Waals surface area contributed by atoms with Crippen molar-refractivity contribution in [3.05, 3.63) is 42.8 Å². The summed E-state index contributed by atoms with van der Waals surface area (Å²) in [4.78, 5) is 1.08. The van der Waals surface area contributed by atoms with E-state index in [0.29, 0.717) is 6.61 Å². The zero-order valence-corrected chi connectivity index (χ0v) is 10.8. The molecule has 0 spiro atoms. The lowest BCUT2D eigenvalue weighted by atomic mass is 10.1. The van der Waals surface area contributed by atoms with Crippen LogP contribution >= 0.6 is 0 Å². The molecule has 1 aromatic carbocycles. The molecule has 0 radical (unpaired) electrons. The monoisotopic (exact) mass is 226 g/mol. The maximum atomic E-state index is 5.53. The van der Waals surface area contributed by atoms with E-state index >= 15 is 0 Å². The Morgan fingerprint density at radius 1 is 1.40 bits per heavy atom. The summed E-state index contributed by atoms with van der Waals surface area (Å²) in [7, 11) is 0. The van der Waals surface area contributed by atoms with Crippen molar-refractivity contribution in [2.45, 2.75) is 25.7 Å². The second kappa shape index (κ2) is 7.41. The molecule has 0 unspecified atom stereocenters. The topological polar surface area (TPSA) is 9.23 Å². The van der Waals surface area contributed by atoms with Gasteiger partial charge in [-0.05, 0) is 49.7 Å². The Bertz CT molecular complexity index is 301. The Labute approximate surface area is 100 Å². The molecule has 0 amide bonds. The predicted molar refractivity (Wildman–Crippen MR) is 73.2 cm³/mol. The van der Waals surface area contributed by atoms with Gasteiger partial charge in [0.1, 0.15) is 12.4 Å². The first-order valence-electron chi connectivity index (χ1n) is 4.92. The molecule has 0 saturated carbocycles. The minimum Gasteiger partial charge on any atom is -0.489 e. The van der Waals surface area contributed by atoms with Gasteiger partial charge in [-0.15, -0.1) is 0 Å². The summed E-state index contributed by atoms with van der Waals surface area (Å²) in [6, 6.07) is 4.09. The normalized spacial score (nSPS) is 8.87. The quantitative estimate of drug-likeness (QED) is 0.436. The van der Waals surface area contributed by atoms with Gasteiger partial charge in [0.25, 0.3) is 0 Å². The van der Waals surface area contributed by atoms with Gasteiger partial charge in [0.2, 0.25) is 0 Å². The number of hydrogen-bond acceptors (Lipinski definition) is 1. The Balaban J connectivity index is 0. The standard InChI is InChI=1S/C11H14OS.C2H5.H2/c1-4-5-12-11-8(2)6-10(13)7-9(11)3;1-2;/h4,6-7,13H,1,5H2,2-3H3;1H2,2H3;1H/q;-1;/p+1. The van der Waals surface area contributed by atoms with Crippen LogP contribution in [0.3, 0.4) is 0 Å². The van der Waals surface area contributed by atoms with Crippen molar-refractivity contribution in [3.8, 4) is 5.75 Å². The van der Waals surface area contributed by atoms with Crippen LogP contribution in [0, 0.1) is 20.8 Å². The second-order valence-corrected chi connectivity index (χ2v) is 3.62. The molecule has 0 aliphatic heterocycles. The number of rotatable bonds is 3. The zero-order valence-electron chi connectivity index (χ0n) is 9.76. The lowest BCUT2D eigenvalue weighted by Gasteiger charge is -2.09. The van der Waals surface area contributed by atoms with Gasteiger partial charge >= 0.3 is 0 Å². The predicted octanol–water partition coefficient (Wildman–Crippen LogP) is 3.33. The fraction of sp³-hybridized carbons (Fsp3) is 0.308. The van der Waals surface area contributed by atoms with Crippen molar-refractivity contribution in [2.75, 3.05) is 6.61 Å². The van der Waals surface area contributed by atoms with E-state index < -0.39 is 0 Å². The molecular weight excluding hydrogens is 204 g/mol. The Morgan fingerprint density at radius 3 is 2.27 bits per heavy atom. The van der Waals surface area contributed by atoms with Crippen LogP contribution in [0.4, 0.5) is 0 Å². The van der Waals surface area contributed by atoms with E-state index in [1.54, 1.807) is 13.0 Å². The first-order valence-corrected chi connectivity index (χ1v) is 5.42. The summed E-state index contributed by atoms with van der Waals surface area (Å²) >= 11 is 3.49. The van der Waals surface area contributed by atoms with E-state index in [0.717, 1.165) is 21.8 Å². The van der Waals surface area contributed by atoms with E-state index in [4.69, 9.17) is 4.74 Å². The van der Waals surface area contributed by atoms with Gasteiger partial charge in [0.05, 0.1) is 0 Å². The first-order chi connectivity index (χ1) is 7.15. The molecule has 0 N–H and O–H groups in total. The largest absolute Gasteiger partial charge is 0.489 e. The van der Waals surface area contributed by atoms with Crippen LogP contribution < -0.4 is 4.74 Å².